The molecule has 0 aromatic carbocycles. The molecular formula is C11H15BrN2O. The Morgan fingerprint density at radius 3 is 2.53 bits per heavy atom. The summed E-state index contributed by atoms with van der Waals surface area (Å²) < 4.78 is 2.93. The van der Waals surface area contributed by atoms with Gasteiger partial charge in [-0.25, -0.2) is 0 Å². The van der Waals surface area contributed by atoms with Crippen LogP contribution < -0.4 is 0 Å². The zero-order chi connectivity index (χ0) is 11.2. The molecule has 0 N–H and O–H groups in total. The van der Waals surface area contributed by atoms with E-state index in [4.69, 9.17) is 0 Å². The van der Waals surface area contributed by atoms with E-state index in [9.17, 15) is 4.79 Å². The van der Waals surface area contributed by atoms with E-state index in [2.05, 4.69) is 21.0 Å². The summed E-state index contributed by atoms with van der Waals surface area (Å²) in [4.78, 5) is 11.5. The van der Waals surface area contributed by atoms with Crippen LogP contribution in [0.3, 0.4) is 0 Å². The van der Waals surface area contributed by atoms with Crippen molar-refractivity contribution in [3.63, 3.8) is 0 Å². The summed E-state index contributed by atoms with van der Waals surface area (Å²) in [6, 6.07) is 0. The zero-order valence-corrected chi connectivity index (χ0v) is 10.9. The smallest absolute Gasteiger partial charge is 0.136 e. The first kappa shape index (κ1) is 10.9. The van der Waals surface area contributed by atoms with Crippen LogP contribution in [0.25, 0.3) is 0 Å². The normalized spacial score (nSPS) is 17.9. The first-order valence-corrected chi connectivity index (χ1v) is 5.94. The number of aromatic nitrogens is 2. The Hall–Kier alpha value is -0.640. The van der Waals surface area contributed by atoms with Crippen molar-refractivity contribution in [2.75, 3.05) is 0 Å². The highest BCUT2D eigenvalue weighted by atomic mass is 79.9. The largest absolute Gasteiger partial charge is 0.299 e. The van der Waals surface area contributed by atoms with Gasteiger partial charge < -0.3 is 0 Å². The number of carbonyl (C=O) groups excluding carboxylic acids is 1. The Morgan fingerprint density at radius 1 is 1.60 bits per heavy atom. The Morgan fingerprint density at radius 2 is 2.20 bits per heavy atom. The van der Waals surface area contributed by atoms with Gasteiger partial charge in [-0.1, -0.05) is 0 Å². The summed E-state index contributed by atoms with van der Waals surface area (Å²) in [6.07, 6.45) is 2.87. The molecule has 0 radical (unpaired) electrons. The average Bonchev–Trinajstić information content (AvgIpc) is 2.89. The van der Waals surface area contributed by atoms with Gasteiger partial charge in [-0.05, 0) is 42.6 Å². The number of aryl methyl sites for hydroxylation is 2. The monoisotopic (exact) mass is 270 g/mol. The molecule has 1 aromatic rings. The molecule has 15 heavy (non-hydrogen) atoms. The van der Waals surface area contributed by atoms with Gasteiger partial charge in [0, 0.05) is 18.9 Å². The zero-order valence-electron chi connectivity index (χ0n) is 9.30. The van der Waals surface area contributed by atoms with Crippen LogP contribution in [-0.4, -0.2) is 15.6 Å². The van der Waals surface area contributed by atoms with Crippen molar-refractivity contribution < 1.29 is 4.79 Å². The number of halogens is 1. The predicted molar refractivity (Wildman–Crippen MR) is 61.7 cm³/mol. The van der Waals surface area contributed by atoms with Gasteiger partial charge in [0.05, 0.1) is 15.9 Å². The number of hydrogen-bond acceptors (Lipinski definition) is 2. The van der Waals surface area contributed by atoms with Crippen LogP contribution in [0.15, 0.2) is 4.47 Å². The van der Waals surface area contributed by atoms with Crippen molar-refractivity contribution >= 4 is 21.7 Å². The van der Waals surface area contributed by atoms with Crippen LogP contribution in [0.4, 0.5) is 0 Å². The third-order valence-electron chi connectivity index (χ3n) is 3.37. The van der Waals surface area contributed by atoms with Crippen molar-refractivity contribution in [3.05, 3.63) is 15.9 Å². The lowest BCUT2D eigenvalue weighted by atomic mass is 9.96. The van der Waals surface area contributed by atoms with Gasteiger partial charge in [0.25, 0.3) is 0 Å². The molecule has 1 saturated carbocycles. The Bertz CT molecular complexity index is 418. The molecule has 0 aliphatic heterocycles. The van der Waals surface area contributed by atoms with E-state index in [0.29, 0.717) is 5.78 Å². The second-order valence-electron chi connectivity index (χ2n) is 4.48. The van der Waals surface area contributed by atoms with E-state index in [1.165, 1.54) is 0 Å². The third kappa shape index (κ3) is 1.75. The minimum atomic E-state index is -0.0806. The fourth-order valence-corrected chi connectivity index (χ4v) is 2.47. The topological polar surface area (TPSA) is 34.9 Å². The molecule has 0 spiro atoms. The predicted octanol–water partition coefficient (Wildman–Crippen LogP) is 2.40. The fourth-order valence-electron chi connectivity index (χ4n) is 2.00. The maximum absolute atomic E-state index is 11.5. The van der Waals surface area contributed by atoms with Gasteiger partial charge in [-0.2, -0.15) is 5.10 Å². The van der Waals surface area contributed by atoms with Crippen LogP contribution in [-0.2, 0) is 18.3 Å². The molecule has 1 fully saturated rings. The highest BCUT2D eigenvalue weighted by molar-refractivity contribution is 9.10. The number of hydrogen-bond donors (Lipinski definition) is 0. The molecule has 4 heteroatoms. The SMILES string of the molecule is CC(=O)C1(Cc2c(Br)c(C)nn2C)CC1. The van der Waals surface area contributed by atoms with E-state index in [1.54, 1.807) is 6.92 Å². The fraction of sp³-hybridized carbons (Fsp3) is 0.636. The molecule has 0 atom stereocenters. The van der Waals surface area contributed by atoms with Crippen molar-refractivity contribution in [1.29, 1.82) is 0 Å². The standard InChI is InChI=1S/C11H15BrN2O/c1-7-10(12)9(14(3)13-7)6-11(4-5-11)8(2)15/h4-6H2,1-3H3. The molecule has 1 aliphatic rings. The average molecular weight is 271 g/mol. The van der Waals surface area contributed by atoms with Gasteiger partial charge in [0.15, 0.2) is 0 Å². The molecular weight excluding hydrogens is 256 g/mol. The maximum Gasteiger partial charge on any atom is 0.136 e. The highest BCUT2D eigenvalue weighted by Gasteiger charge is 2.48. The number of carbonyl (C=O) groups is 1. The first-order valence-electron chi connectivity index (χ1n) is 5.15. The van der Waals surface area contributed by atoms with Gasteiger partial charge in [0.2, 0.25) is 0 Å². The van der Waals surface area contributed by atoms with Gasteiger partial charge in [0.1, 0.15) is 5.78 Å². The summed E-state index contributed by atoms with van der Waals surface area (Å²) in [5.41, 5.74) is 2.05. The quantitative estimate of drug-likeness (QED) is 0.846. The lowest BCUT2D eigenvalue weighted by molar-refractivity contribution is -0.122. The molecule has 0 amide bonds. The summed E-state index contributed by atoms with van der Waals surface area (Å²) in [6.45, 7) is 3.67. The molecule has 1 aromatic heterocycles. The number of nitrogens with zero attached hydrogens (tertiary/aromatic N) is 2. The van der Waals surface area contributed by atoms with Crippen LogP contribution >= 0.6 is 15.9 Å². The third-order valence-corrected chi connectivity index (χ3v) is 4.40. The lowest BCUT2D eigenvalue weighted by Crippen LogP contribution is -2.17. The van der Waals surface area contributed by atoms with Crippen molar-refractivity contribution in [1.82, 2.24) is 9.78 Å². The Balaban J connectivity index is 2.28. The first-order chi connectivity index (χ1) is 6.96. The van der Waals surface area contributed by atoms with Crippen molar-refractivity contribution in [3.8, 4) is 0 Å². The summed E-state index contributed by atoms with van der Waals surface area (Å²) >= 11 is 3.54. The van der Waals surface area contributed by atoms with Crippen molar-refractivity contribution in [2.24, 2.45) is 12.5 Å². The second-order valence-corrected chi connectivity index (χ2v) is 5.28. The van der Waals surface area contributed by atoms with Gasteiger partial charge >= 0.3 is 0 Å². The van der Waals surface area contributed by atoms with Crippen LogP contribution in [0.5, 0.6) is 0 Å². The van der Waals surface area contributed by atoms with Crippen LogP contribution in [0, 0.1) is 12.3 Å². The highest BCUT2D eigenvalue weighted by Crippen LogP contribution is 2.49. The minimum Gasteiger partial charge on any atom is -0.299 e. The summed E-state index contributed by atoms with van der Waals surface area (Å²) in [5, 5.41) is 4.34. The molecule has 2 rings (SSSR count). The molecule has 3 nitrogen and oxygen atoms in total. The van der Waals surface area contributed by atoms with E-state index >= 15 is 0 Å². The van der Waals surface area contributed by atoms with Crippen molar-refractivity contribution in [2.45, 2.75) is 33.1 Å². The van der Waals surface area contributed by atoms with E-state index in [1.807, 2.05) is 18.7 Å². The number of ketones is 1. The van der Waals surface area contributed by atoms with E-state index < -0.39 is 0 Å². The van der Waals surface area contributed by atoms with E-state index in [-0.39, 0.29) is 5.41 Å². The van der Waals surface area contributed by atoms with Gasteiger partial charge in [-0.15, -0.1) is 0 Å². The van der Waals surface area contributed by atoms with Crippen LogP contribution in [0.2, 0.25) is 0 Å². The Labute approximate surface area is 98.0 Å². The molecule has 0 unspecified atom stereocenters. The molecule has 0 bridgehead atoms. The summed E-state index contributed by atoms with van der Waals surface area (Å²) in [5.74, 6) is 0.313. The summed E-state index contributed by atoms with van der Waals surface area (Å²) in [7, 11) is 1.93. The Kier molecular flexibility index (Phi) is 2.49. The molecule has 0 saturated heterocycles. The number of rotatable bonds is 3. The second kappa shape index (κ2) is 3.44. The number of Topliss-reactive ketones (excluding diaryl/α,β-unsaturated/α-hetero) is 1. The van der Waals surface area contributed by atoms with Gasteiger partial charge in [-0.3, -0.25) is 9.48 Å². The molecule has 1 aliphatic carbocycles. The lowest BCUT2D eigenvalue weighted by Gasteiger charge is -2.11. The maximum atomic E-state index is 11.5. The molecule has 82 valence electrons. The van der Waals surface area contributed by atoms with E-state index in [0.717, 1.165) is 35.1 Å². The molecule has 1 heterocycles. The van der Waals surface area contributed by atoms with Crippen LogP contribution in [0.1, 0.15) is 31.2 Å². The minimum absolute atomic E-state index is 0.0806.